The Morgan fingerprint density at radius 1 is 1.00 bits per heavy atom. The third kappa shape index (κ3) is 3.31. The van der Waals surface area contributed by atoms with E-state index in [4.69, 9.17) is 0 Å². The van der Waals surface area contributed by atoms with Crippen molar-refractivity contribution in [2.24, 2.45) is 14.1 Å². The Balaban J connectivity index is 1.38. The number of aryl methyl sites for hydroxylation is 1. The largest absolute Gasteiger partial charge is 0.345 e. The number of hydrogen-bond acceptors (Lipinski definition) is 7. The van der Waals surface area contributed by atoms with E-state index in [1.807, 2.05) is 0 Å². The number of aromatic nitrogens is 5. The SMILES string of the molecule is Cn1c(=O)c2ccc(C(=O)N3CCN(S(=O)(=O)c4c[nH]c5ncccc45)CC3)nc2n(C)c1=O. The zero-order valence-corrected chi connectivity index (χ0v) is 19.2. The van der Waals surface area contributed by atoms with Crippen LogP contribution >= 0.6 is 0 Å². The lowest BCUT2D eigenvalue weighted by Gasteiger charge is -2.33. The maximum atomic E-state index is 13.2. The molecule has 1 aliphatic rings. The molecule has 1 N–H and O–H groups in total. The standard InChI is InChI=1S/C21H21N7O5S/c1-25-18-14(19(29)26(2)21(25)31)5-6-15(24-18)20(30)27-8-10-28(11-9-27)34(32,33)16-12-23-17-13(16)4-3-7-22-17/h3-7,12H,8-11H2,1-2H3,(H,22,23). The molecule has 176 valence electrons. The van der Waals surface area contributed by atoms with Crippen molar-refractivity contribution in [2.75, 3.05) is 26.2 Å². The number of carbonyl (C=O) groups is 1. The second-order valence-corrected chi connectivity index (χ2v) is 9.93. The number of H-pyrrole nitrogens is 1. The highest BCUT2D eigenvalue weighted by molar-refractivity contribution is 7.89. The molecule has 5 heterocycles. The smallest absolute Gasteiger partial charge is 0.332 e. The molecule has 0 unspecified atom stereocenters. The molecule has 1 amide bonds. The average molecular weight is 484 g/mol. The third-order valence-electron chi connectivity index (χ3n) is 6.08. The van der Waals surface area contributed by atoms with E-state index in [0.29, 0.717) is 11.0 Å². The van der Waals surface area contributed by atoms with Crippen LogP contribution in [0.5, 0.6) is 0 Å². The Hall–Kier alpha value is -3.84. The molecule has 0 spiro atoms. The van der Waals surface area contributed by atoms with E-state index in [2.05, 4.69) is 15.0 Å². The molecule has 1 saturated heterocycles. The van der Waals surface area contributed by atoms with Gasteiger partial charge < -0.3 is 9.88 Å². The number of rotatable bonds is 3. The molecular weight excluding hydrogens is 462 g/mol. The van der Waals surface area contributed by atoms with Gasteiger partial charge in [-0.25, -0.2) is 23.2 Å². The number of hydrogen-bond donors (Lipinski definition) is 1. The zero-order valence-electron chi connectivity index (χ0n) is 18.4. The predicted molar refractivity (Wildman–Crippen MR) is 123 cm³/mol. The first-order chi connectivity index (χ1) is 16.2. The van der Waals surface area contributed by atoms with E-state index >= 15 is 0 Å². The zero-order chi connectivity index (χ0) is 24.2. The van der Waals surface area contributed by atoms with Gasteiger partial charge in [-0.1, -0.05) is 0 Å². The van der Waals surface area contributed by atoms with E-state index < -0.39 is 27.2 Å². The number of pyridine rings is 2. The number of amides is 1. The Morgan fingerprint density at radius 3 is 2.47 bits per heavy atom. The van der Waals surface area contributed by atoms with Crippen molar-refractivity contribution in [3.8, 4) is 0 Å². The highest BCUT2D eigenvalue weighted by atomic mass is 32.2. The summed E-state index contributed by atoms with van der Waals surface area (Å²) in [6, 6.07) is 6.28. The normalized spacial score (nSPS) is 15.3. The number of aromatic amines is 1. The van der Waals surface area contributed by atoms with Crippen LogP contribution in [0.15, 0.2) is 51.1 Å². The summed E-state index contributed by atoms with van der Waals surface area (Å²) >= 11 is 0. The quantitative estimate of drug-likeness (QED) is 0.420. The van der Waals surface area contributed by atoms with Gasteiger partial charge >= 0.3 is 5.69 Å². The Kier molecular flexibility index (Phi) is 5.10. The van der Waals surface area contributed by atoms with Crippen LogP contribution in [0.25, 0.3) is 22.1 Å². The lowest BCUT2D eigenvalue weighted by atomic mass is 10.2. The third-order valence-corrected chi connectivity index (χ3v) is 8.02. The van der Waals surface area contributed by atoms with Crippen LogP contribution in [0.3, 0.4) is 0 Å². The van der Waals surface area contributed by atoms with Gasteiger partial charge in [0.15, 0.2) is 0 Å². The minimum Gasteiger partial charge on any atom is -0.345 e. The average Bonchev–Trinajstić information content (AvgIpc) is 3.30. The van der Waals surface area contributed by atoms with Crippen LogP contribution < -0.4 is 11.2 Å². The Labute approximate surface area is 193 Å². The summed E-state index contributed by atoms with van der Waals surface area (Å²) in [6.45, 7) is 0.586. The molecule has 0 saturated carbocycles. The van der Waals surface area contributed by atoms with E-state index in [1.165, 1.54) is 46.2 Å². The fourth-order valence-electron chi connectivity index (χ4n) is 4.15. The molecule has 0 radical (unpaired) electrons. The van der Waals surface area contributed by atoms with Crippen molar-refractivity contribution in [2.45, 2.75) is 4.90 Å². The molecule has 34 heavy (non-hydrogen) atoms. The topological polar surface area (TPSA) is 143 Å². The van der Waals surface area contributed by atoms with Crippen LogP contribution in [0.2, 0.25) is 0 Å². The van der Waals surface area contributed by atoms with E-state index in [-0.39, 0.29) is 47.8 Å². The lowest BCUT2D eigenvalue weighted by Crippen LogP contribution is -2.50. The van der Waals surface area contributed by atoms with Gasteiger partial charge in [0.2, 0.25) is 10.0 Å². The molecular formula is C21H21N7O5S. The number of sulfonamides is 1. The summed E-state index contributed by atoms with van der Waals surface area (Å²) < 4.78 is 29.9. The first-order valence-corrected chi connectivity index (χ1v) is 11.9. The van der Waals surface area contributed by atoms with Crippen LogP contribution in [-0.4, -0.2) is 73.8 Å². The van der Waals surface area contributed by atoms with Gasteiger partial charge in [-0.05, 0) is 24.3 Å². The second kappa shape index (κ2) is 7.88. The molecule has 13 heteroatoms. The van der Waals surface area contributed by atoms with Crippen molar-refractivity contribution in [3.05, 3.63) is 63.2 Å². The molecule has 12 nitrogen and oxygen atoms in total. The maximum Gasteiger partial charge on any atom is 0.332 e. The van der Waals surface area contributed by atoms with E-state index in [9.17, 15) is 22.8 Å². The molecule has 1 fully saturated rings. The van der Waals surface area contributed by atoms with Crippen molar-refractivity contribution in [3.63, 3.8) is 0 Å². The molecule has 0 atom stereocenters. The maximum absolute atomic E-state index is 13.2. The van der Waals surface area contributed by atoms with Crippen molar-refractivity contribution >= 4 is 38.0 Å². The Morgan fingerprint density at radius 2 is 1.74 bits per heavy atom. The van der Waals surface area contributed by atoms with Crippen LogP contribution in [0.1, 0.15) is 10.5 Å². The minimum atomic E-state index is -3.77. The van der Waals surface area contributed by atoms with Gasteiger partial charge in [0.25, 0.3) is 11.5 Å². The lowest BCUT2D eigenvalue weighted by molar-refractivity contribution is 0.0692. The number of carbonyl (C=O) groups excluding carboxylic acids is 1. The summed E-state index contributed by atoms with van der Waals surface area (Å²) in [6.07, 6.45) is 3.01. The molecule has 0 aromatic carbocycles. The number of nitrogens with one attached hydrogen (secondary N) is 1. The summed E-state index contributed by atoms with van der Waals surface area (Å²) in [5.41, 5.74) is -0.346. The molecule has 1 aliphatic heterocycles. The van der Waals surface area contributed by atoms with E-state index in [1.54, 1.807) is 18.3 Å². The van der Waals surface area contributed by atoms with Crippen molar-refractivity contribution in [1.29, 1.82) is 0 Å². The molecule has 4 aromatic rings. The second-order valence-electron chi connectivity index (χ2n) is 8.02. The van der Waals surface area contributed by atoms with Gasteiger partial charge in [-0.15, -0.1) is 0 Å². The summed E-state index contributed by atoms with van der Waals surface area (Å²) in [4.78, 5) is 50.6. The minimum absolute atomic E-state index is 0.0785. The van der Waals surface area contributed by atoms with Gasteiger partial charge in [0.05, 0.1) is 5.39 Å². The summed E-state index contributed by atoms with van der Waals surface area (Å²) in [7, 11) is -0.914. The van der Waals surface area contributed by atoms with Crippen molar-refractivity contribution in [1.82, 2.24) is 33.3 Å². The van der Waals surface area contributed by atoms with Gasteiger partial charge in [-0.3, -0.25) is 18.7 Å². The van der Waals surface area contributed by atoms with Crippen LogP contribution in [-0.2, 0) is 24.1 Å². The number of fused-ring (bicyclic) bond motifs is 2. The fraction of sp³-hybridized carbons (Fsp3) is 0.286. The monoisotopic (exact) mass is 483 g/mol. The predicted octanol–water partition coefficient (Wildman–Crippen LogP) is -0.345. The summed E-state index contributed by atoms with van der Waals surface area (Å²) in [5.74, 6) is -0.400. The van der Waals surface area contributed by atoms with E-state index in [0.717, 1.165) is 4.57 Å². The first kappa shape index (κ1) is 22.0. The Bertz CT molecular complexity index is 1680. The highest BCUT2D eigenvalue weighted by Gasteiger charge is 2.32. The molecule has 0 aliphatic carbocycles. The highest BCUT2D eigenvalue weighted by Crippen LogP contribution is 2.25. The van der Waals surface area contributed by atoms with Crippen LogP contribution in [0.4, 0.5) is 0 Å². The number of nitrogens with zero attached hydrogens (tertiary/aromatic N) is 6. The first-order valence-electron chi connectivity index (χ1n) is 10.5. The van der Waals surface area contributed by atoms with Crippen LogP contribution in [0, 0.1) is 0 Å². The molecule has 0 bridgehead atoms. The van der Waals surface area contributed by atoms with Gasteiger partial charge in [0.1, 0.15) is 21.9 Å². The molecule has 5 rings (SSSR count). The van der Waals surface area contributed by atoms with Crippen molar-refractivity contribution < 1.29 is 13.2 Å². The number of piperazine rings is 1. The molecule has 4 aromatic heterocycles. The van der Waals surface area contributed by atoms with Gasteiger partial charge in [0, 0.05) is 58.1 Å². The fourth-order valence-corrected chi connectivity index (χ4v) is 5.72. The van der Waals surface area contributed by atoms with Gasteiger partial charge in [-0.2, -0.15) is 4.31 Å². The summed E-state index contributed by atoms with van der Waals surface area (Å²) in [5, 5.41) is 0.739.